The lowest BCUT2D eigenvalue weighted by molar-refractivity contribution is -0.125. The molecule has 2 N–H and O–H groups in total. The van der Waals surface area contributed by atoms with Crippen LogP contribution in [0.25, 0.3) is 0 Å². The number of nitrogens with zero attached hydrogens (tertiary/aromatic N) is 1. The molecule has 4 nitrogen and oxygen atoms in total. The molecule has 18 heavy (non-hydrogen) atoms. The maximum Gasteiger partial charge on any atom is 0.231 e. The quantitative estimate of drug-likeness (QED) is 0.879. The van der Waals surface area contributed by atoms with Crippen molar-refractivity contribution in [2.45, 2.75) is 19.8 Å². The molecule has 1 aromatic heterocycles. The van der Waals surface area contributed by atoms with Crippen LogP contribution in [-0.2, 0) is 4.79 Å². The highest BCUT2D eigenvalue weighted by Crippen LogP contribution is 2.26. The van der Waals surface area contributed by atoms with Gasteiger partial charge in [0.1, 0.15) is 0 Å². The Morgan fingerprint density at radius 2 is 2.28 bits per heavy atom. The van der Waals surface area contributed by atoms with Gasteiger partial charge >= 0.3 is 0 Å². The average Bonchev–Trinajstić information content (AvgIpc) is 2.31. The van der Waals surface area contributed by atoms with E-state index in [0.717, 1.165) is 31.6 Å². The summed E-state index contributed by atoms with van der Waals surface area (Å²) in [5.41, 5.74) is 0.466. The Morgan fingerprint density at radius 3 is 2.83 bits per heavy atom. The zero-order valence-corrected chi connectivity index (χ0v) is 11.9. The van der Waals surface area contributed by atoms with Crippen LogP contribution in [0, 0.1) is 5.41 Å². The molecule has 102 valence electrons. The maximum absolute atomic E-state index is 12.1. The van der Waals surface area contributed by atoms with Crippen LogP contribution in [0.1, 0.15) is 19.8 Å². The molecule has 0 spiro atoms. The second-order valence-electron chi connectivity index (χ2n) is 4.54. The van der Waals surface area contributed by atoms with Crippen LogP contribution >= 0.6 is 24.8 Å². The van der Waals surface area contributed by atoms with E-state index >= 15 is 0 Å². The summed E-state index contributed by atoms with van der Waals surface area (Å²) in [5.74, 6) is 0.0766. The van der Waals surface area contributed by atoms with Crippen LogP contribution in [-0.4, -0.2) is 24.0 Å². The van der Waals surface area contributed by atoms with Gasteiger partial charge in [0.15, 0.2) is 0 Å². The minimum absolute atomic E-state index is 0. The molecule has 6 heteroatoms. The molecule has 0 aliphatic carbocycles. The summed E-state index contributed by atoms with van der Waals surface area (Å²) in [4.78, 5) is 16.1. The Balaban J connectivity index is 0.00000144. The van der Waals surface area contributed by atoms with E-state index in [2.05, 4.69) is 15.6 Å². The fourth-order valence-corrected chi connectivity index (χ4v) is 1.97. The van der Waals surface area contributed by atoms with Gasteiger partial charge in [-0.15, -0.1) is 24.8 Å². The van der Waals surface area contributed by atoms with Gasteiger partial charge in [-0.2, -0.15) is 0 Å². The number of pyridine rings is 1. The number of carbonyl (C=O) groups is 1. The van der Waals surface area contributed by atoms with Crippen molar-refractivity contribution in [2.75, 3.05) is 18.4 Å². The van der Waals surface area contributed by atoms with Crippen molar-refractivity contribution in [2.24, 2.45) is 5.41 Å². The van der Waals surface area contributed by atoms with Crippen molar-refractivity contribution >= 4 is 36.4 Å². The van der Waals surface area contributed by atoms with Crippen LogP contribution in [0.2, 0.25) is 0 Å². The molecule has 0 radical (unpaired) electrons. The standard InChI is InChI=1S/C12H17N3O.2ClH/c1-12(5-3-7-14-9-12)11(16)15-10-4-2-6-13-8-10;;/h2,4,6,8,14H,3,5,7,9H2,1H3,(H,15,16);2*1H. The summed E-state index contributed by atoms with van der Waals surface area (Å²) in [6.07, 6.45) is 5.35. The predicted octanol–water partition coefficient (Wildman–Crippen LogP) is 2.25. The van der Waals surface area contributed by atoms with E-state index in [4.69, 9.17) is 0 Å². The van der Waals surface area contributed by atoms with Gasteiger partial charge in [-0.3, -0.25) is 9.78 Å². The second-order valence-corrected chi connectivity index (χ2v) is 4.54. The number of halogens is 2. The van der Waals surface area contributed by atoms with Crippen LogP contribution in [0.4, 0.5) is 5.69 Å². The average molecular weight is 292 g/mol. The lowest BCUT2D eigenvalue weighted by Crippen LogP contribution is -2.46. The van der Waals surface area contributed by atoms with Gasteiger partial charge in [0.2, 0.25) is 5.91 Å². The van der Waals surface area contributed by atoms with Crippen molar-refractivity contribution in [3.8, 4) is 0 Å². The number of rotatable bonds is 2. The highest BCUT2D eigenvalue weighted by molar-refractivity contribution is 5.95. The lowest BCUT2D eigenvalue weighted by atomic mass is 9.82. The van der Waals surface area contributed by atoms with Crippen LogP contribution in [0.15, 0.2) is 24.5 Å². The molecule has 2 rings (SSSR count). The van der Waals surface area contributed by atoms with Gasteiger partial charge in [0.05, 0.1) is 17.3 Å². The lowest BCUT2D eigenvalue weighted by Gasteiger charge is -2.32. The summed E-state index contributed by atoms with van der Waals surface area (Å²) in [5, 5.41) is 6.18. The minimum atomic E-state index is -0.298. The van der Waals surface area contributed by atoms with E-state index in [-0.39, 0.29) is 36.1 Å². The topological polar surface area (TPSA) is 54.0 Å². The first-order valence-corrected chi connectivity index (χ1v) is 5.63. The number of hydrogen-bond donors (Lipinski definition) is 2. The molecule has 0 bridgehead atoms. The van der Waals surface area contributed by atoms with Crippen LogP contribution in [0.3, 0.4) is 0 Å². The molecule has 1 atom stereocenters. The van der Waals surface area contributed by atoms with Crippen molar-refractivity contribution in [1.29, 1.82) is 0 Å². The third kappa shape index (κ3) is 4.12. The Kier molecular flexibility index (Phi) is 7.21. The van der Waals surface area contributed by atoms with Crippen molar-refractivity contribution in [3.05, 3.63) is 24.5 Å². The number of aromatic nitrogens is 1. The number of amides is 1. The van der Waals surface area contributed by atoms with Gasteiger partial charge in [-0.25, -0.2) is 0 Å². The number of piperidine rings is 1. The fourth-order valence-electron chi connectivity index (χ4n) is 1.97. The van der Waals surface area contributed by atoms with Gasteiger partial charge in [0, 0.05) is 12.7 Å². The first-order valence-electron chi connectivity index (χ1n) is 5.63. The molecule has 1 amide bonds. The maximum atomic E-state index is 12.1. The third-order valence-corrected chi connectivity index (χ3v) is 3.06. The molecule has 0 saturated carbocycles. The number of carbonyl (C=O) groups excluding carboxylic acids is 1. The van der Waals surface area contributed by atoms with Crippen molar-refractivity contribution in [1.82, 2.24) is 10.3 Å². The molecule has 1 aliphatic heterocycles. The van der Waals surface area contributed by atoms with Crippen molar-refractivity contribution < 1.29 is 4.79 Å². The van der Waals surface area contributed by atoms with Gasteiger partial charge in [0.25, 0.3) is 0 Å². The van der Waals surface area contributed by atoms with Crippen LogP contribution in [0.5, 0.6) is 0 Å². The van der Waals surface area contributed by atoms with Crippen molar-refractivity contribution in [3.63, 3.8) is 0 Å². The van der Waals surface area contributed by atoms with E-state index < -0.39 is 0 Å². The Hall–Kier alpha value is -0.840. The monoisotopic (exact) mass is 291 g/mol. The molecule has 1 unspecified atom stereocenters. The first kappa shape index (κ1) is 17.2. The minimum Gasteiger partial charge on any atom is -0.324 e. The Bertz CT molecular complexity index is 367. The SMILES string of the molecule is CC1(C(=O)Nc2cccnc2)CCCNC1.Cl.Cl. The largest absolute Gasteiger partial charge is 0.324 e. The van der Waals surface area contributed by atoms with Gasteiger partial charge in [-0.1, -0.05) is 0 Å². The van der Waals surface area contributed by atoms with E-state index in [1.807, 2.05) is 19.1 Å². The van der Waals surface area contributed by atoms with E-state index in [1.165, 1.54) is 0 Å². The third-order valence-electron chi connectivity index (χ3n) is 3.06. The van der Waals surface area contributed by atoms with E-state index in [9.17, 15) is 4.79 Å². The zero-order valence-electron chi connectivity index (χ0n) is 10.3. The summed E-state index contributed by atoms with van der Waals surface area (Å²) < 4.78 is 0. The second kappa shape index (κ2) is 7.56. The highest BCUT2D eigenvalue weighted by Gasteiger charge is 2.34. The smallest absolute Gasteiger partial charge is 0.231 e. The molecule has 1 fully saturated rings. The molecule has 1 aliphatic rings. The predicted molar refractivity (Wildman–Crippen MR) is 77.6 cm³/mol. The van der Waals surface area contributed by atoms with Gasteiger partial charge in [-0.05, 0) is 38.4 Å². The number of nitrogens with one attached hydrogen (secondary N) is 2. The molecular formula is C12H19Cl2N3O. The summed E-state index contributed by atoms with van der Waals surface area (Å²) >= 11 is 0. The molecule has 2 heterocycles. The summed E-state index contributed by atoms with van der Waals surface area (Å²) in [7, 11) is 0. The summed E-state index contributed by atoms with van der Waals surface area (Å²) in [6, 6.07) is 3.67. The molecule has 1 saturated heterocycles. The Morgan fingerprint density at radius 1 is 1.50 bits per heavy atom. The zero-order chi connectivity index (χ0) is 11.4. The molecule has 1 aromatic rings. The van der Waals surface area contributed by atoms with E-state index in [1.54, 1.807) is 12.4 Å². The first-order chi connectivity index (χ1) is 7.71. The van der Waals surface area contributed by atoms with E-state index in [0.29, 0.717) is 0 Å². The normalized spacial score (nSPS) is 22.3. The molecular weight excluding hydrogens is 273 g/mol. The van der Waals surface area contributed by atoms with Crippen LogP contribution < -0.4 is 10.6 Å². The fraction of sp³-hybridized carbons (Fsp3) is 0.500. The number of anilines is 1. The number of hydrogen-bond acceptors (Lipinski definition) is 3. The summed E-state index contributed by atoms with van der Waals surface area (Å²) in [6.45, 7) is 3.76. The van der Waals surface area contributed by atoms with Gasteiger partial charge < -0.3 is 10.6 Å². The Labute approximate surface area is 120 Å². The molecule has 0 aromatic carbocycles. The highest BCUT2D eigenvalue weighted by atomic mass is 35.5.